The molecule has 5 heteroatoms. The van der Waals surface area contributed by atoms with E-state index in [1.165, 1.54) is 0 Å². The van der Waals surface area contributed by atoms with Gasteiger partial charge in [-0.15, -0.1) is 0 Å². The van der Waals surface area contributed by atoms with Crippen LogP contribution in [0.2, 0.25) is 0 Å². The van der Waals surface area contributed by atoms with Gasteiger partial charge in [0.05, 0.1) is 5.41 Å². The molecule has 0 spiro atoms. The number of rotatable bonds is 6. The fourth-order valence-corrected chi connectivity index (χ4v) is 4.99. The van der Waals surface area contributed by atoms with Gasteiger partial charge in [-0.05, 0) is 55.7 Å². The van der Waals surface area contributed by atoms with Gasteiger partial charge in [-0.2, -0.15) is 0 Å². The molecule has 2 aromatic carbocycles. The van der Waals surface area contributed by atoms with Crippen LogP contribution in [0.4, 0.5) is 0 Å². The fourth-order valence-electron chi connectivity index (χ4n) is 4.99. The predicted octanol–water partition coefficient (Wildman–Crippen LogP) is 3.82. The smallest absolute Gasteiger partial charge is 0.251 e. The van der Waals surface area contributed by atoms with E-state index in [0.717, 1.165) is 42.4 Å². The lowest BCUT2D eigenvalue weighted by Crippen LogP contribution is -2.56. The van der Waals surface area contributed by atoms with Gasteiger partial charge in [-0.3, -0.25) is 9.59 Å². The third-order valence-corrected chi connectivity index (χ3v) is 6.54. The van der Waals surface area contributed by atoms with Crippen LogP contribution in [0.25, 0.3) is 11.1 Å². The van der Waals surface area contributed by atoms with Crippen molar-refractivity contribution in [3.05, 3.63) is 60.2 Å². The predicted molar refractivity (Wildman–Crippen MR) is 121 cm³/mol. The first-order valence-electron chi connectivity index (χ1n) is 11.4. The molecule has 0 aliphatic carbocycles. The summed E-state index contributed by atoms with van der Waals surface area (Å²) in [6.45, 7) is 4.32. The van der Waals surface area contributed by atoms with Gasteiger partial charge in [0.25, 0.3) is 5.91 Å². The molecule has 1 N–H and O–H groups in total. The van der Waals surface area contributed by atoms with E-state index >= 15 is 0 Å². The van der Waals surface area contributed by atoms with Crippen LogP contribution in [0.5, 0.6) is 0 Å². The minimum atomic E-state index is -0.632. The molecular weight excluding hydrogens is 388 g/mol. The Morgan fingerprint density at radius 2 is 1.87 bits per heavy atom. The summed E-state index contributed by atoms with van der Waals surface area (Å²) in [6, 6.07) is 18.6. The van der Waals surface area contributed by atoms with E-state index in [4.69, 9.17) is 4.74 Å². The Bertz CT molecular complexity index is 908. The molecule has 2 aliphatic heterocycles. The van der Waals surface area contributed by atoms with Crippen LogP contribution < -0.4 is 5.32 Å². The van der Waals surface area contributed by atoms with Crippen molar-refractivity contribution >= 4 is 11.8 Å². The second-order valence-corrected chi connectivity index (χ2v) is 8.70. The summed E-state index contributed by atoms with van der Waals surface area (Å²) in [5, 5.41) is 3.06. The van der Waals surface area contributed by atoms with Gasteiger partial charge >= 0.3 is 0 Å². The van der Waals surface area contributed by atoms with E-state index in [-0.39, 0.29) is 17.9 Å². The van der Waals surface area contributed by atoms with Crippen molar-refractivity contribution in [1.29, 1.82) is 0 Å². The molecule has 31 heavy (non-hydrogen) atoms. The molecule has 0 radical (unpaired) electrons. The number of hydrogen-bond acceptors (Lipinski definition) is 3. The van der Waals surface area contributed by atoms with Gasteiger partial charge in [0, 0.05) is 26.2 Å². The van der Waals surface area contributed by atoms with E-state index < -0.39 is 5.41 Å². The Morgan fingerprint density at radius 3 is 2.61 bits per heavy atom. The Morgan fingerprint density at radius 1 is 1.10 bits per heavy atom. The molecule has 164 valence electrons. The highest BCUT2D eigenvalue weighted by atomic mass is 16.5. The lowest BCUT2D eigenvalue weighted by atomic mass is 9.73. The highest BCUT2D eigenvalue weighted by Crippen LogP contribution is 2.37. The number of nitrogens with one attached hydrogen (secondary N) is 1. The second-order valence-electron chi connectivity index (χ2n) is 8.70. The minimum Gasteiger partial charge on any atom is -0.368 e. The average molecular weight is 421 g/mol. The molecule has 2 aromatic rings. The Balaban J connectivity index is 1.65. The zero-order valence-electron chi connectivity index (χ0n) is 18.3. The number of benzene rings is 2. The van der Waals surface area contributed by atoms with Gasteiger partial charge in [-0.25, -0.2) is 0 Å². The molecule has 2 aliphatic rings. The number of nitrogens with zero attached hydrogens (tertiary/aromatic N) is 1. The van der Waals surface area contributed by atoms with E-state index in [2.05, 4.69) is 29.6 Å². The third-order valence-electron chi connectivity index (χ3n) is 6.54. The molecule has 0 bridgehead atoms. The van der Waals surface area contributed by atoms with Crippen LogP contribution >= 0.6 is 0 Å². The largest absolute Gasteiger partial charge is 0.368 e. The number of carbonyl (C=O) groups excluding carboxylic acids is 2. The first-order chi connectivity index (χ1) is 15.1. The lowest BCUT2D eigenvalue weighted by Gasteiger charge is -2.42. The first kappa shape index (κ1) is 21.6. The zero-order valence-corrected chi connectivity index (χ0v) is 18.3. The minimum absolute atomic E-state index is 0.0437. The first-order valence-corrected chi connectivity index (χ1v) is 11.4. The zero-order chi connectivity index (χ0) is 21.7. The molecule has 2 unspecified atom stereocenters. The molecule has 5 nitrogen and oxygen atoms in total. The van der Waals surface area contributed by atoms with Gasteiger partial charge in [0.15, 0.2) is 0 Å². The SMILES string of the molecule is CCNC(=O)C1(Cc2ccccc2-c2ccccc2)CCCN(C(=O)C2CCCO2)C1. The van der Waals surface area contributed by atoms with Crippen LogP contribution in [0.3, 0.4) is 0 Å². The monoisotopic (exact) mass is 420 g/mol. The highest BCUT2D eigenvalue weighted by molar-refractivity contribution is 5.86. The summed E-state index contributed by atoms with van der Waals surface area (Å²) in [5.74, 6) is 0.0879. The Hall–Kier alpha value is -2.66. The van der Waals surface area contributed by atoms with Crippen LogP contribution in [0.15, 0.2) is 54.6 Å². The number of likely N-dealkylation sites (tertiary alicyclic amines) is 1. The van der Waals surface area contributed by atoms with Crippen LogP contribution in [0.1, 0.15) is 38.2 Å². The number of piperidine rings is 1. The average Bonchev–Trinajstić information content (AvgIpc) is 3.35. The van der Waals surface area contributed by atoms with Crippen molar-refractivity contribution in [3.63, 3.8) is 0 Å². The quantitative estimate of drug-likeness (QED) is 0.773. The molecule has 2 fully saturated rings. The fraction of sp³-hybridized carbons (Fsp3) is 0.462. The van der Waals surface area contributed by atoms with Gasteiger partial charge in [0.2, 0.25) is 5.91 Å². The van der Waals surface area contributed by atoms with Crippen LogP contribution in [-0.2, 0) is 20.7 Å². The molecule has 2 heterocycles. The Labute approximate surface area is 184 Å². The number of ether oxygens (including phenoxy) is 1. The maximum absolute atomic E-state index is 13.4. The van der Waals surface area contributed by atoms with Crippen LogP contribution in [0, 0.1) is 5.41 Å². The molecular formula is C26H32N2O3. The molecule has 0 saturated carbocycles. The maximum Gasteiger partial charge on any atom is 0.251 e. The summed E-state index contributed by atoms with van der Waals surface area (Å²) in [5.41, 5.74) is 2.81. The summed E-state index contributed by atoms with van der Waals surface area (Å²) < 4.78 is 5.65. The second kappa shape index (κ2) is 9.65. The molecule has 2 saturated heterocycles. The van der Waals surface area contributed by atoms with Gasteiger partial charge < -0.3 is 15.0 Å². The normalized spacial score (nSPS) is 23.5. The summed E-state index contributed by atoms with van der Waals surface area (Å²) in [4.78, 5) is 28.3. The van der Waals surface area contributed by atoms with Crippen molar-refractivity contribution in [1.82, 2.24) is 10.2 Å². The van der Waals surface area contributed by atoms with Crippen molar-refractivity contribution in [2.45, 2.75) is 45.1 Å². The number of hydrogen-bond donors (Lipinski definition) is 1. The molecule has 4 rings (SSSR count). The van der Waals surface area contributed by atoms with Gasteiger partial charge in [-0.1, -0.05) is 54.6 Å². The Kier molecular flexibility index (Phi) is 6.71. The van der Waals surface area contributed by atoms with Crippen molar-refractivity contribution < 1.29 is 14.3 Å². The van der Waals surface area contributed by atoms with E-state index in [1.807, 2.05) is 42.2 Å². The lowest BCUT2D eigenvalue weighted by molar-refractivity contribution is -0.148. The molecule has 0 aromatic heterocycles. The van der Waals surface area contributed by atoms with Gasteiger partial charge in [0.1, 0.15) is 6.10 Å². The maximum atomic E-state index is 13.4. The summed E-state index contributed by atoms with van der Waals surface area (Å²) in [7, 11) is 0. The van der Waals surface area contributed by atoms with Crippen molar-refractivity contribution in [2.75, 3.05) is 26.2 Å². The topological polar surface area (TPSA) is 58.6 Å². The van der Waals surface area contributed by atoms with Crippen molar-refractivity contribution in [2.24, 2.45) is 5.41 Å². The van der Waals surface area contributed by atoms with Crippen molar-refractivity contribution in [3.8, 4) is 11.1 Å². The van der Waals surface area contributed by atoms with E-state index in [1.54, 1.807) is 0 Å². The van der Waals surface area contributed by atoms with Crippen LogP contribution in [-0.4, -0.2) is 49.1 Å². The molecule has 2 atom stereocenters. The summed E-state index contributed by atoms with van der Waals surface area (Å²) in [6.07, 6.45) is 3.57. The molecule has 2 amide bonds. The van der Waals surface area contributed by atoms with E-state index in [9.17, 15) is 9.59 Å². The van der Waals surface area contributed by atoms with E-state index in [0.29, 0.717) is 32.7 Å². The number of carbonyl (C=O) groups is 2. The highest BCUT2D eigenvalue weighted by Gasteiger charge is 2.44. The number of amides is 2. The third kappa shape index (κ3) is 4.67. The standard InChI is InChI=1S/C26H32N2O3/c1-2-27-25(30)26(15-9-16-28(19-26)24(29)23-14-8-17-31-23)18-21-12-6-7-13-22(21)20-10-4-3-5-11-20/h3-7,10-13,23H,2,8-9,14-19H2,1H3,(H,27,30). The summed E-state index contributed by atoms with van der Waals surface area (Å²) >= 11 is 0.